The third-order valence-corrected chi connectivity index (χ3v) is 5.22. The van der Waals surface area contributed by atoms with Crippen LogP contribution in [0.3, 0.4) is 0 Å². The van der Waals surface area contributed by atoms with Gasteiger partial charge in [-0.1, -0.05) is 29.8 Å². The minimum Gasteiger partial charge on any atom is -0.465 e. The number of ether oxygens (including phenoxy) is 2. The molecule has 2 rings (SSSR count). The van der Waals surface area contributed by atoms with E-state index in [0.717, 1.165) is 22.2 Å². The number of aryl methyl sites for hydroxylation is 2. The Hall–Kier alpha value is -0.813. The first-order chi connectivity index (χ1) is 11.4. The van der Waals surface area contributed by atoms with Crippen LogP contribution in [0.25, 0.3) is 0 Å². The van der Waals surface area contributed by atoms with E-state index < -0.39 is 0 Å². The molecule has 2 aromatic rings. The fraction of sp³-hybridized carbons (Fsp3) is 0.316. The summed E-state index contributed by atoms with van der Waals surface area (Å²) in [5, 5.41) is 1.51. The first kappa shape index (κ1) is 22.2. The monoisotopic (exact) mass is 371 g/mol. The summed E-state index contributed by atoms with van der Waals surface area (Å²) >= 11 is 6.19. The third kappa shape index (κ3) is 6.14. The number of carbonyl (C=O) groups excluding carboxylic acids is 1. The van der Waals surface area contributed by atoms with Gasteiger partial charge in [-0.25, -0.2) is 0 Å². The maximum atomic E-state index is 12.6. The van der Waals surface area contributed by atoms with Crippen LogP contribution in [0.2, 0.25) is 5.02 Å². The first-order valence-corrected chi connectivity index (χ1v) is 9.25. The van der Waals surface area contributed by atoms with Gasteiger partial charge in [-0.15, -0.1) is 0 Å². The number of carbonyl (C=O) groups is 1. The molecule has 1 radical (unpaired) electrons. The Kier molecular flexibility index (Phi) is 9.21. The maximum Gasteiger partial charge on any atom is 0.196 e. The van der Waals surface area contributed by atoms with Gasteiger partial charge in [0.25, 0.3) is 0 Å². The predicted molar refractivity (Wildman–Crippen MR) is 107 cm³/mol. The van der Waals surface area contributed by atoms with Crippen molar-refractivity contribution in [3.8, 4) is 5.75 Å². The Morgan fingerprint density at radius 2 is 1.92 bits per heavy atom. The molecule has 2 unspecified atom stereocenters. The summed E-state index contributed by atoms with van der Waals surface area (Å²) in [4.78, 5) is 12.6. The van der Waals surface area contributed by atoms with Gasteiger partial charge in [0, 0.05) is 31.0 Å². The van der Waals surface area contributed by atoms with Gasteiger partial charge in [0.1, 0.15) is 5.75 Å². The molecule has 0 bridgehead atoms. The van der Waals surface area contributed by atoms with Crippen LogP contribution in [0.5, 0.6) is 5.75 Å². The van der Waals surface area contributed by atoms with Crippen LogP contribution in [0.4, 0.5) is 0 Å². The van der Waals surface area contributed by atoms with E-state index in [4.69, 9.17) is 21.1 Å². The Balaban J connectivity index is 0.00000312. The number of benzene rings is 2. The van der Waals surface area contributed by atoms with Gasteiger partial charge < -0.3 is 9.47 Å². The minimum absolute atomic E-state index is 0. The molecule has 0 fully saturated rings. The van der Waals surface area contributed by atoms with E-state index in [1.165, 1.54) is 0 Å². The van der Waals surface area contributed by atoms with Gasteiger partial charge in [-0.3, -0.25) is 4.79 Å². The molecule has 0 aliphatic heterocycles. The van der Waals surface area contributed by atoms with Crippen LogP contribution >= 0.6 is 20.2 Å². The molecule has 0 aliphatic carbocycles. The molecule has 129 valence electrons. The summed E-state index contributed by atoms with van der Waals surface area (Å²) in [6, 6.07) is 11.3. The van der Waals surface area contributed by atoms with E-state index in [1.54, 1.807) is 6.07 Å². The van der Waals surface area contributed by atoms with Crippen molar-refractivity contribution in [2.75, 3.05) is 6.61 Å². The zero-order chi connectivity index (χ0) is 17.7. The van der Waals surface area contributed by atoms with Gasteiger partial charge in [0.15, 0.2) is 11.8 Å². The van der Waals surface area contributed by atoms with Gasteiger partial charge in [0.2, 0.25) is 0 Å². The molecule has 0 heterocycles. The second kappa shape index (κ2) is 10.4. The van der Waals surface area contributed by atoms with E-state index in [-0.39, 0.29) is 39.3 Å². The van der Waals surface area contributed by atoms with Crippen molar-refractivity contribution in [3.63, 3.8) is 0 Å². The van der Waals surface area contributed by atoms with Crippen molar-refractivity contribution in [3.05, 3.63) is 58.1 Å². The van der Waals surface area contributed by atoms with Gasteiger partial charge in [0.05, 0.1) is 5.02 Å². The molecule has 0 aliphatic rings. The van der Waals surface area contributed by atoms with Crippen molar-refractivity contribution >= 4 is 49.9 Å². The fourth-order valence-corrected chi connectivity index (χ4v) is 3.94. The fourth-order valence-electron chi connectivity index (χ4n) is 2.41. The Bertz CT molecular complexity index is 716. The van der Waals surface area contributed by atoms with Crippen LogP contribution < -0.4 is 10.0 Å². The Morgan fingerprint density at radius 3 is 2.52 bits per heavy atom. The normalized spacial score (nSPS) is 12.0. The Labute approximate surface area is 168 Å². The average molecular weight is 372 g/mol. The standard InChI is InChI=1S/C19H22ClO3P.Li/c1-5-22-14(4)23-15-9-10-17(13(3)11-15)24-19(21)18-12(2)7-6-8-16(18)20;/h6-11,14,24H,5H2,1-4H3;. The quantitative estimate of drug-likeness (QED) is 0.409. The summed E-state index contributed by atoms with van der Waals surface area (Å²) in [6.45, 7) is 8.27. The molecule has 0 N–H and O–H groups in total. The summed E-state index contributed by atoms with van der Waals surface area (Å²) in [5.74, 6) is 0.739. The zero-order valence-electron chi connectivity index (χ0n) is 15.4. The van der Waals surface area contributed by atoms with Crippen molar-refractivity contribution in [2.24, 2.45) is 0 Å². The van der Waals surface area contributed by atoms with Crippen LogP contribution in [0.15, 0.2) is 36.4 Å². The van der Waals surface area contributed by atoms with E-state index in [0.29, 0.717) is 17.2 Å². The second-order valence-corrected chi connectivity index (χ2v) is 7.15. The number of hydrogen-bond donors (Lipinski definition) is 0. The van der Waals surface area contributed by atoms with Crippen molar-refractivity contribution < 1.29 is 14.3 Å². The van der Waals surface area contributed by atoms with Crippen LogP contribution in [-0.2, 0) is 4.74 Å². The van der Waals surface area contributed by atoms with E-state index >= 15 is 0 Å². The molecule has 0 spiro atoms. The summed E-state index contributed by atoms with van der Waals surface area (Å²) in [5.41, 5.74) is 2.59. The van der Waals surface area contributed by atoms with Crippen LogP contribution in [0, 0.1) is 13.8 Å². The van der Waals surface area contributed by atoms with E-state index in [2.05, 4.69) is 0 Å². The maximum absolute atomic E-state index is 12.6. The van der Waals surface area contributed by atoms with E-state index in [1.807, 2.05) is 58.0 Å². The van der Waals surface area contributed by atoms with E-state index in [9.17, 15) is 4.79 Å². The summed E-state index contributed by atoms with van der Waals surface area (Å²) < 4.78 is 11.1. The molecule has 2 aromatic carbocycles. The minimum atomic E-state index is -0.296. The molecular formula is C19H22ClLiO3P. The number of rotatable bonds is 7. The molecule has 0 aromatic heterocycles. The van der Waals surface area contributed by atoms with Crippen LogP contribution in [-0.4, -0.2) is 37.3 Å². The van der Waals surface area contributed by atoms with Gasteiger partial charge in [-0.2, -0.15) is 0 Å². The third-order valence-electron chi connectivity index (χ3n) is 3.60. The topological polar surface area (TPSA) is 35.5 Å². The predicted octanol–water partition coefficient (Wildman–Crippen LogP) is 4.48. The molecule has 0 saturated heterocycles. The zero-order valence-corrected chi connectivity index (χ0v) is 17.1. The number of hydrogen-bond acceptors (Lipinski definition) is 3. The van der Waals surface area contributed by atoms with Crippen molar-refractivity contribution in [2.45, 2.75) is 34.0 Å². The second-order valence-electron chi connectivity index (χ2n) is 5.50. The summed E-state index contributed by atoms with van der Waals surface area (Å²) in [7, 11) is 0.0298. The van der Waals surface area contributed by atoms with Gasteiger partial charge in [-0.05, 0) is 70.9 Å². The van der Waals surface area contributed by atoms with Gasteiger partial charge >= 0.3 is 0 Å². The smallest absolute Gasteiger partial charge is 0.196 e. The first-order valence-electron chi connectivity index (χ1n) is 7.87. The largest absolute Gasteiger partial charge is 0.465 e. The van der Waals surface area contributed by atoms with Crippen LogP contribution in [0.1, 0.15) is 35.3 Å². The van der Waals surface area contributed by atoms with Crippen molar-refractivity contribution in [1.82, 2.24) is 0 Å². The number of halogens is 1. The molecule has 0 saturated carbocycles. The SMILES string of the molecule is CCOC(C)Oc1ccc(PC(=O)c2c(C)cccc2Cl)c(C)c1.[Li]. The molecule has 2 atom stereocenters. The molecule has 25 heavy (non-hydrogen) atoms. The van der Waals surface area contributed by atoms with Crippen molar-refractivity contribution in [1.29, 1.82) is 0 Å². The molecule has 6 heteroatoms. The summed E-state index contributed by atoms with van der Waals surface area (Å²) in [6.07, 6.45) is -0.296. The molecule has 0 amide bonds. The average Bonchev–Trinajstić information content (AvgIpc) is 2.50. The molecule has 3 nitrogen and oxygen atoms in total. The molecular weight excluding hydrogens is 350 g/mol. The Morgan fingerprint density at radius 1 is 1.20 bits per heavy atom.